The third-order valence-corrected chi connectivity index (χ3v) is 6.77. The lowest BCUT2D eigenvalue weighted by atomic mass is 9.76. The second-order valence-electron chi connectivity index (χ2n) is 8.71. The van der Waals surface area contributed by atoms with Gasteiger partial charge in [-0.25, -0.2) is 4.52 Å². The molecule has 0 spiro atoms. The standard InChI is InChI=1S/C20H27N5O3/c1-19(2)15(6-7-20(19,3)28)23-17-13(18(21)27)10-22-25-11-12(9-14(17)25)24-8-4-5-16(24)26/h9-11,15,23,28H,4-8H2,1-3H3,(H2,21,27)/t15-,20-/m1/s1. The molecule has 0 aromatic carbocycles. The maximum atomic E-state index is 12.1. The molecule has 2 atom stereocenters. The number of amides is 2. The average Bonchev–Trinajstić information content (AvgIpc) is 3.27. The summed E-state index contributed by atoms with van der Waals surface area (Å²) in [5, 5.41) is 18.5. The first-order valence-electron chi connectivity index (χ1n) is 9.72. The Hall–Kier alpha value is -2.61. The van der Waals surface area contributed by atoms with Crippen molar-refractivity contribution in [1.29, 1.82) is 0 Å². The SMILES string of the molecule is CC1(C)[C@H](Nc2c(C(N)=O)cnn3cc(N4CCCC4=O)cc23)CC[C@@]1(C)O. The number of anilines is 2. The fraction of sp³-hybridized carbons (Fsp3) is 0.550. The van der Waals surface area contributed by atoms with Crippen LogP contribution in [0.3, 0.4) is 0 Å². The maximum Gasteiger partial charge on any atom is 0.252 e. The van der Waals surface area contributed by atoms with Crippen molar-refractivity contribution >= 4 is 28.7 Å². The topological polar surface area (TPSA) is 113 Å². The first kappa shape index (κ1) is 18.7. The van der Waals surface area contributed by atoms with Gasteiger partial charge >= 0.3 is 0 Å². The zero-order chi connectivity index (χ0) is 20.3. The average molecular weight is 385 g/mol. The molecule has 28 heavy (non-hydrogen) atoms. The Labute approximate surface area is 163 Å². The van der Waals surface area contributed by atoms with Gasteiger partial charge < -0.3 is 21.1 Å². The summed E-state index contributed by atoms with van der Waals surface area (Å²) in [6.07, 6.45) is 6.06. The molecule has 0 bridgehead atoms. The fourth-order valence-corrected chi connectivity index (χ4v) is 4.36. The van der Waals surface area contributed by atoms with Crippen LogP contribution in [0.2, 0.25) is 0 Å². The molecule has 2 aromatic heterocycles. The van der Waals surface area contributed by atoms with Crippen LogP contribution in [0, 0.1) is 5.41 Å². The quantitative estimate of drug-likeness (QED) is 0.744. The Morgan fingerprint density at radius 2 is 2.14 bits per heavy atom. The molecule has 2 aromatic rings. The molecule has 2 fully saturated rings. The summed E-state index contributed by atoms with van der Waals surface area (Å²) in [5.74, 6) is -0.478. The monoisotopic (exact) mass is 385 g/mol. The number of hydrogen-bond donors (Lipinski definition) is 3. The number of nitrogens with one attached hydrogen (secondary N) is 1. The number of aliphatic hydroxyl groups is 1. The number of rotatable bonds is 4. The molecular weight excluding hydrogens is 358 g/mol. The molecule has 1 saturated heterocycles. The summed E-state index contributed by atoms with van der Waals surface area (Å²) in [5.41, 5.74) is 6.74. The maximum absolute atomic E-state index is 12.1. The second kappa shape index (κ2) is 6.20. The van der Waals surface area contributed by atoms with Gasteiger partial charge in [0.25, 0.3) is 5.91 Å². The van der Waals surface area contributed by atoms with Gasteiger partial charge in [0.1, 0.15) is 0 Å². The van der Waals surface area contributed by atoms with E-state index in [1.54, 1.807) is 15.6 Å². The Kier molecular flexibility index (Phi) is 4.15. The van der Waals surface area contributed by atoms with E-state index in [0.29, 0.717) is 36.2 Å². The van der Waals surface area contributed by atoms with Crippen LogP contribution in [0.1, 0.15) is 56.8 Å². The zero-order valence-corrected chi connectivity index (χ0v) is 16.5. The largest absolute Gasteiger partial charge is 0.390 e. The van der Waals surface area contributed by atoms with Gasteiger partial charge in [-0.2, -0.15) is 5.10 Å². The van der Waals surface area contributed by atoms with Crippen molar-refractivity contribution in [2.75, 3.05) is 16.8 Å². The first-order chi connectivity index (χ1) is 13.1. The van der Waals surface area contributed by atoms with Gasteiger partial charge in [0.2, 0.25) is 5.91 Å². The highest BCUT2D eigenvalue weighted by Crippen LogP contribution is 2.47. The van der Waals surface area contributed by atoms with E-state index in [1.165, 1.54) is 6.20 Å². The predicted molar refractivity (Wildman–Crippen MR) is 106 cm³/mol. The summed E-state index contributed by atoms with van der Waals surface area (Å²) in [6, 6.07) is 1.82. The Morgan fingerprint density at radius 3 is 2.71 bits per heavy atom. The van der Waals surface area contributed by atoms with Crippen molar-refractivity contribution in [1.82, 2.24) is 9.61 Å². The molecule has 8 heteroatoms. The summed E-state index contributed by atoms with van der Waals surface area (Å²) in [7, 11) is 0. The minimum absolute atomic E-state index is 0.0430. The molecule has 0 unspecified atom stereocenters. The molecule has 2 amide bonds. The lowest BCUT2D eigenvalue weighted by Crippen LogP contribution is -2.45. The van der Waals surface area contributed by atoms with Crippen molar-refractivity contribution < 1.29 is 14.7 Å². The van der Waals surface area contributed by atoms with Gasteiger partial charge in [-0.3, -0.25) is 9.59 Å². The van der Waals surface area contributed by atoms with Gasteiger partial charge in [0, 0.05) is 24.4 Å². The molecular formula is C20H27N5O3. The number of carbonyl (C=O) groups is 2. The Balaban J connectivity index is 1.79. The summed E-state index contributed by atoms with van der Waals surface area (Å²) >= 11 is 0. The highest BCUT2D eigenvalue weighted by atomic mass is 16.3. The third kappa shape index (κ3) is 2.74. The van der Waals surface area contributed by atoms with Crippen LogP contribution in [0.15, 0.2) is 18.5 Å². The molecule has 1 saturated carbocycles. The fourth-order valence-electron chi connectivity index (χ4n) is 4.36. The van der Waals surface area contributed by atoms with E-state index in [4.69, 9.17) is 5.73 Å². The molecule has 8 nitrogen and oxygen atoms in total. The molecule has 2 aliphatic rings. The van der Waals surface area contributed by atoms with Crippen LogP contribution in [0.25, 0.3) is 5.52 Å². The highest BCUT2D eigenvalue weighted by molar-refractivity contribution is 6.03. The van der Waals surface area contributed by atoms with E-state index < -0.39 is 16.9 Å². The highest BCUT2D eigenvalue weighted by Gasteiger charge is 2.50. The van der Waals surface area contributed by atoms with E-state index in [-0.39, 0.29) is 11.9 Å². The third-order valence-electron chi connectivity index (χ3n) is 6.77. The van der Waals surface area contributed by atoms with Crippen molar-refractivity contribution in [3.8, 4) is 0 Å². The van der Waals surface area contributed by atoms with Crippen LogP contribution in [-0.4, -0.2) is 44.7 Å². The zero-order valence-electron chi connectivity index (χ0n) is 16.5. The summed E-state index contributed by atoms with van der Waals surface area (Å²) in [4.78, 5) is 25.9. The van der Waals surface area contributed by atoms with E-state index in [2.05, 4.69) is 10.4 Å². The normalized spacial score (nSPS) is 26.9. The lowest BCUT2D eigenvalue weighted by Gasteiger charge is -2.38. The summed E-state index contributed by atoms with van der Waals surface area (Å²) in [6.45, 7) is 6.57. The minimum atomic E-state index is -0.810. The van der Waals surface area contributed by atoms with E-state index in [9.17, 15) is 14.7 Å². The van der Waals surface area contributed by atoms with Crippen LogP contribution in [0.4, 0.5) is 11.4 Å². The van der Waals surface area contributed by atoms with E-state index in [0.717, 1.165) is 18.5 Å². The van der Waals surface area contributed by atoms with Crippen LogP contribution < -0.4 is 16.0 Å². The van der Waals surface area contributed by atoms with Crippen LogP contribution in [-0.2, 0) is 4.79 Å². The number of nitrogens with two attached hydrogens (primary N) is 1. The number of primary amides is 1. The minimum Gasteiger partial charge on any atom is -0.390 e. The second-order valence-corrected chi connectivity index (χ2v) is 8.71. The number of aromatic nitrogens is 2. The number of carbonyl (C=O) groups excluding carboxylic acids is 2. The molecule has 3 heterocycles. The Bertz CT molecular complexity index is 962. The lowest BCUT2D eigenvalue weighted by molar-refractivity contribution is -0.117. The first-order valence-corrected chi connectivity index (χ1v) is 9.72. The van der Waals surface area contributed by atoms with Crippen molar-refractivity contribution in [3.05, 3.63) is 24.0 Å². The number of hydrogen-bond acceptors (Lipinski definition) is 5. The molecule has 1 aliphatic heterocycles. The van der Waals surface area contributed by atoms with Crippen molar-refractivity contribution in [3.63, 3.8) is 0 Å². The molecule has 4 rings (SSSR count). The van der Waals surface area contributed by atoms with Gasteiger partial charge in [-0.1, -0.05) is 13.8 Å². The number of fused-ring (bicyclic) bond motifs is 1. The van der Waals surface area contributed by atoms with Crippen LogP contribution >= 0.6 is 0 Å². The van der Waals surface area contributed by atoms with Crippen molar-refractivity contribution in [2.45, 2.75) is 58.1 Å². The van der Waals surface area contributed by atoms with E-state index >= 15 is 0 Å². The van der Waals surface area contributed by atoms with Crippen LogP contribution in [0.5, 0.6) is 0 Å². The molecule has 150 valence electrons. The predicted octanol–water partition coefficient (Wildman–Crippen LogP) is 1.91. The molecule has 0 radical (unpaired) electrons. The van der Waals surface area contributed by atoms with Gasteiger partial charge in [-0.15, -0.1) is 0 Å². The summed E-state index contributed by atoms with van der Waals surface area (Å²) < 4.78 is 1.66. The van der Waals surface area contributed by atoms with E-state index in [1.807, 2.05) is 26.8 Å². The van der Waals surface area contributed by atoms with Gasteiger partial charge in [-0.05, 0) is 32.3 Å². The molecule has 1 aliphatic carbocycles. The molecule has 4 N–H and O–H groups in total. The van der Waals surface area contributed by atoms with Crippen molar-refractivity contribution in [2.24, 2.45) is 11.1 Å². The van der Waals surface area contributed by atoms with Gasteiger partial charge in [0.15, 0.2) is 0 Å². The Morgan fingerprint density at radius 1 is 1.39 bits per heavy atom. The number of nitrogens with zero attached hydrogens (tertiary/aromatic N) is 3. The van der Waals surface area contributed by atoms with Gasteiger partial charge in [0.05, 0.1) is 40.4 Å². The smallest absolute Gasteiger partial charge is 0.252 e.